The van der Waals surface area contributed by atoms with E-state index in [1.54, 1.807) is 6.07 Å². The highest BCUT2D eigenvalue weighted by molar-refractivity contribution is 7.89. The normalized spacial score (nSPS) is 20.8. The Morgan fingerprint density at radius 3 is 2.90 bits per heavy atom. The van der Waals surface area contributed by atoms with E-state index < -0.39 is 10.0 Å². The van der Waals surface area contributed by atoms with Crippen LogP contribution >= 0.6 is 0 Å². The maximum atomic E-state index is 12.7. The summed E-state index contributed by atoms with van der Waals surface area (Å²) in [4.78, 5) is 0.144. The van der Waals surface area contributed by atoms with Gasteiger partial charge in [0.1, 0.15) is 10.6 Å². The standard InChI is InChI=1S/C13H20N2O4S/c1-3-11-9-15(6-7-19-11)20(16,17)13-5-4-10(14)8-12(13)18-2/h4-5,8,11H,3,6-7,9,14H2,1-2H3. The Morgan fingerprint density at radius 1 is 1.50 bits per heavy atom. The number of anilines is 1. The molecule has 0 aromatic heterocycles. The van der Waals surface area contributed by atoms with Gasteiger partial charge in [-0.15, -0.1) is 0 Å². The molecule has 20 heavy (non-hydrogen) atoms. The van der Waals surface area contributed by atoms with Crippen molar-refractivity contribution in [3.8, 4) is 5.75 Å². The fourth-order valence-electron chi connectivity index (χ4n) is 2.19. The summed E-state index contributed by atoms with van der Waals surface area (Å²) in [5.41, 5.74) is 6.13. The minimum absolute atomic E-state index is 0.0571. The van der Waals surface area contributed by atoms with Crippen LogP contribution in [0.1, 0.15) is 13.3 Å². The van der Waals surface area contributed by atoms with Gasteiger partial charge in [-0.1, -0.05) is 6.92 Å². The molecule has 1 aliphatic heterocycles. The number of nitrogens with zero attached hydrogens (tertiary/aromatic N) is 1. The third kappa shape index (κ3) is 2.89. The molecular weight excluding hydrogens is 280 g/mol. The summed E-state index contributed by atoms with van der Waals surface area (Å²) in [6, 6.07) is 4.57. The Labute approximate surface area is 119 Å². The fraction of sp³-hybridized carbons (Fsp3) is 0.538. The van der Waals surface area contributed by atoms with E-state index in [0.717, 1.165) is 6.42 Å². The lowest BCUT2D eigenvalue weighted by Gasteiger charge is -2.31. The molecule has 0 amide bonds. The minimum Gasteiger partial charge on any atom is -0.495 e. The maximum Gasteiger partial charge on any atom is 0.246 e. The van der Waals surface area contributed by atoms with Crippen molar-refractivity contribution in [2.45, 2.75) is 24.3 Å². The van der Waals surface area contributed by atoms with Crippen molar-refractivity contribution in [1.29, 1.82) is 0 Å². The van der Waals surface area contributed by atoms with Gasteiger partial charge in [0.15, 0.2) is 0 Å². The molecule has 0 spiro atoms. The minimum atomic E-state index is -3.59. The highest BCUT2D eigenvalue weighted by Gasteiger charge is 2.32. The van der Waals surface area contributed by atoms with E-state index in [0.29, 0.717) is 25.4 Å². The van der Waals surface area contributed by atoms with E-state index in [4.69, 9.17) is 15.2 Å². The Balaban J connectivity index is 2.35. The molecule has 1 fully saturated rings. The average Bonchev–Trinajstić information content (AvgIpc) is 2.46. The van der Waals surface area contributed by atoms with E-state index in [-0.39, 0.29) is 16.7 Å². The van der Waals surface area contributed by atoms with E-state index in [1.807, 2.05) is 6.92 Å². The van der Waals surface area contributed by atoms with Crippen molar-refractivity contribution in [3.63, 3.8) is 0 Å². The molecule has 1 aliphatic rings. The van der Waals surface area contributed by atoms with Gasteiger partial charge in [-0.05, 0) is 18.6 Å². The first-order valence-electron chi connectivity index (χ1n) is 6.54. The zero-order valence-electron chi connectivity index (χ0n) is 11.7. The number of nitrogens with two attached hydrogens (primary N) is 1. The van der Waals surface area contributed by atoms with Crippen LogP contribution in [0.25, 0.3) is 0 Å². The van der Waals surface area contributed by atoms with Crippen LogP contribution in [-0.4, -0.2) is 45.6 Å². The molecule has 0 radical (unpaired) electrons. The lowest BCUT2D eigenvalue weighted by Crippen LogP contribution is -2.45. The van der Waals surface area contributed by atoms with E-state index in [2.05, 4.69) is 0 Å². The number of hydrogen-bond acceptors (Lipinski definition) is 5. The van der Waals surface area contributed by atoms with Crippen molar-refractivity contribution >= 4 is 15.7 Å². The van der Waals surface area contributed by atoms with Crippen molar-refractivity contribution in [3.05, 3.63) is 18.2 Å². The summed E-state index contributed by atoms with van der Waals surface area (Å²) in [5, 5.41) is 0. The average molecular weight is 300 g/mol. The summed E-state index contributed by atoms with van der Waals surface area (Å²) in [6.45, 7) is 3.11. The topological polar surface area (TPSA) is 81.9 Å². The van der Waals surface area contributed by atoms with E-state index in [1.165, 1.54) is 23.5 Å². The summed E-state index contributed by atoms with van der Waals surface area (Å²) in [7, 11) is -2.16. The first-order valence-corrected chi connectivity index (χ1v) is 7.98. The smallest absolute Gasteiger partial charge is 0.246 e. The molecule has 2 N–H and O–H groups in total. The number of hydrogen-bond donors (Lipinski definition) is 1. The monoisotopic (exact) mass is 300 g/mol. The number of rotatable bonds is 4. The number of ether oxygens (including phenoxy) is 2. The quantitative estimate of drug-likeness (QED) is 0.841. The number of methoxy groups -OCH3 is 1. The molecule has 1 atom stereocenters. The summed E-state index contributed by atoms with van der Waals surface area (Å²) in [6.07, 6.45) is 0.726. The summed E-state index contributed by atoms with van der Waals surface area (Å²) < 4.78 is 37.5. The van der Waals surface area contributed by atoms with Crippen molar-refractivity contribution in [2.24, 2.45) is 0 Å². The number of morpholine rings is 1. The van der Waals surface area contributed by atoms with Crippen LogP contribution in [0.2, 0.25) is 0 Å². The second-order valence-corrected chi connectivity index (χ2v) is 6.58. The largest absolute Gasteiger partial charge is 0.495 e. The molecule has 0 saturated carbocycles. The summed E-state index contributed by atoms with van der Waals surface area (Å²) in [5.74, 6) is 0.268. The van der Waals surface area contributed by atoms with Gasteiger partial charge in [-0.3, -0.25) is 0 Å². The maximum absolute atomic E-state index is 12.7. The van der Waals surface area contributed by atoms with Crippen LogP contribution in [0, 0.1) is 0 Å². The predicted molar refractivity (Wildman–Crippen MR) is 76.2 cm³/mol. The van der Waals surface area contributed by atoms with Gasteiger partial charge >= 0.3 is 0 Å². The first kappa shape index (κ1) is 15.1. The number of benzene rings is 1. The molecule has 1 aromatic rings. The zero-order valence-corrected chi connectivity index (χ0v) is 12.5. The highest BCUT2D eigenvalue weighted by Crippen LogP contribution is 2.29. The highest BCUT2D eigenvalue weighted by atomic mass is 32.2. The first-order chi connectivity index (χ1) is 9.48. The molecular formula is C13H20N2O4S. The Bertz CT molecular complexity index is 574. The van der Waals surface area contributed by atoms with Crippen LogP contribution in [-0.2, 0) is 14.8 Å². The molecule has 1 aromatic carbocycles. The van der Waals surface area contributed by atoms with Crippen LogP contribution in [0.3, 0.4) is 0 Å². The lowest BCUT2D eigenvalue weighted by molar-refractivity contribution is -0.00281. The Hall–Kier alpha value is -1.31. The molecule has 1 unspecified atom stereocenters. The summed E-state index contributed by atoms with van der Waals surface area (Å²) >= 11 is 0. The second kappa shape index (κ2) is 5.99. The van der Waals surface area contributed by atoms with Gasteiger partial charge in [0, 0.05) is 24.8 Å². The molecule has 0 bridgehead atoms. The molecule has 112 valence electrons. The molecule has 2 rings (SSSR count). The van der Waals surface area contributed by atoms with Crippen LogP contribution < -0.4 is 10.5 Å². The fourth-order valence-corrected chi connectivity index (χ4v) is 3.79. The van der Waals surface area contributed by atoms with Crippen molar-refractivity contribution in [2.75, 3.05) is 32.5 Å². The second-order valence-electron chi connectivity index (χ2n) is 4.67. The van der Waals surface area contributed by atoms with E-state index >= 15 is 0 Å². The molecule has 6 nitrogen and oxygen atoms in total. The van der Waals surface area contributed by atoms with Gasteiger partial charge in [-0.2, -0.15) is 4.31 Å². The third-order valence-corrected chi connectivity index (χ3v) is 5.27. The Morgan fingerprint density at radius 2 is 2.25 bits per heavy atom. The number of nitrogen functional groups attached to an aromatic ring is 1. The van der Waals surface area contributed by atoms with Crippen molar-refractivity contribution < 1.29 is 17.9 Å². The van der Waals surface area contributed by atoms with Gasteiger partial charge in [0.05, 0.1) is 19.8 Å². The van der Waals surface area contributed by atoms with Gasteiger partial charge in [0.25, 0.3) is 0 Å². The van der Waals surface area contributed by atoms with Gasteiger partial charge in [0.2, 0.25) is 10.0 Å². The lowest BCUT2D eigenvalue weighted by atomic mass is 10.2. The predicted octanol–water partition coefficient (Wildman–Crippen LogP) is 1.08. The zero-order chi connectivity index (χ0) is 14.8. The van der Waals surface area contributed by atoms with Crippen LogP contribution in [0.5, 0.6) is 5.75 Å². The molecule has 7 heteroatoms. The van der Waals surface area contributed by atoms with Crippen LogP contribution in [0.4, 0.5) is 5.69 Å². The molecule has 1 saturated heterocycles. The van der Waals surface area contributed by atoms with E-state index in [9.17, 15) is 8.42 Å². The third-order valence-electron chi connectivity index (χ3n) is 3.36. The molecule has 1 heterocycles. The Kier molecular flexibility index (Phi) is 4.52. The van der Waals surface area contributed by atoms with Crippen molar-refractivity contribution in [1.82, 2.24) is 4.31 Å². The SMILES string of the molecule is CCC1CN(S(=O)(=O)c2ccc(N)cc2OC)CCO1. The van der Waals surface area contributed by atoms with Crippen LogP contribution in [0.15, 0.2) is 23.1 Å². The van der Waals surface area contributed by atoms with Gasteiger partial charge in [-0.25, -0.2) is 8.42 Å². The number of sulfonamides is 1. The van der Waals surface area contributed by atoms with Gasteiger partial charge < -0.3 is 15.2 Å². The molecule has 0 aliphatic carbocycles.